The predicted molar refractivity (Wildman–Crippen MR) is 84.8 cm³/mol. The van der Waals surface area contributed by atoms with E-state index in [1.54, 1.807) is 21.3 Å². The Morgan fingerprint density at radius 2 is 1.82 bits per heavy atom. The summed E-state index contributed by atoms with van der Waals surface area (Å²) in [7, 11) is 4.74. The van der Waals surface area contributed by atoms with Gasteiger partial charge in [0.25, 0.3) is 0 Å². The first-order chi connectivity index (χ1) is 10.7. The number of rotatable bonds is 6. The average Bonchev–Trinajstić information content (AvgIpc) is 2.59. The number of hydrogen-bond acceptors (Lipinski definition) is 6. The molecule has 1 N–H and O–H groups in total. The number of aldehydes is 1. The molecule has 1 atom stereocenters. The fourth-order valence-electron chi connectivity index (χ4n) is 2.20. The van der Waals surface area contributed by atoms with Crippen molar-refractivity contribution in [2.24, 2.45) is 5.10 Å². The number of ether oxygens (including phenoxy) is 3. The van der Waals surface area contributed by atoms with Crippen LogP contribution in [0.1, 0.15) is 18.4 Å². The molecule has 1 aromatic carbocycles. The smallest absolute Gasteiger partial charge is 0.203 e. The van der Waals surface area contributed by atoms with E-state index in [1.165, 1.54) is 0 Å². The van der Waals surface area contributed by atoms with Gasteiger partial charge in [-0.25, -0.2) is 0 Å². The van der Waals surface area contributed by atoms with Crippen molar-refractivity contribution >= 4 is 18.1 Å². The highest BCUT2D eigenvalue weighted by Gasteiger charge is 2.14. The second-order valence-electron chi connectivity index (χ2n) is 4.81. The average molecular weight is 304 g/mol. The Morgan fingerprint density at radius 3 is 2.27 bits per heavy atom. The number of nitrogens with zero attached hydrogens (tertiary/aromatic N) is 1. The molecule has 0 aromatic heterocycles. The van der Waals surface area contributed by atoms with E-state index in [4.69, 9.17) is 14.2 Å². The lowest BCUT2D eigenvalue weighted by Gasteiger charge is -2.16. The van der Waals surface area contributed by atoms with E-state index in [2.05, 4.69) is 10.5 Å². The summed E-state index contributed by atoms with van der Waals surface area (Å²) in [5, 5.41) is 4.18. The third-order valence-corrected chi connectivity index (χ3v) is 3.40. The van der Waals surface area contributed by atoms with Crippen LogP contribution in [-0.2, 0) is 4.79 Å². The molecule has 0 spiro atoms. The van der Waals surface area contributed by atoms with Crippen LogP contribution in [-0.4, -0.2) is 39.4 Å². The summed E-state index contributed by atoms with van der Waals surface area (Å²) in [6.45, 7) is 0. The summed E-state index contributed by atoms with van der Waals surface area (Å²) in [6, 6.07) is 3.55. The molecule has 1 heterocycles. The van der Waals surface area contributed by atoms with Crippen LogP contribution < -0.4 is 19.6 Å². The lowest BCUT2D eigenvalue weighted by atomic mass is 10.1. The Bertz CT molecular complexity index is 571. The standard InChI is InChI=1S/C16H20N2O4/c1-20-14-8-11(9-15(21-2)16(14)22-3)4-5-12-6-7-13(10-19)18-17-12/h4-5,8-10,13,18H,6-7H2,1-3H3. The van der Waals surface area contributed by atoms with Gasteiger partial charge in [0.2, 0.25) is 5.75 Å². The number of carbonyl (C=O) groups is 1. The van der Waals surface area contributed by atoms with Crippen LogP contribution in [0.15, 0.2) is 23.3 Å². The molecule has 0 saturated carbocycles. The van der Waals surface area contributed by atoms with Crippen LogP contribution in [0.4, 0.5) is 0 Å². The van der Waals surface area contributed by atoms with Crippen LogP contribution in [0.3, 0.4) is 0 Å². The third kappa shape index (κ3) is 3.58. The number of nitrogens with one attached hydrogen (secondary N) is 1. The van der Waals surface area contributed by atoms with Gasteiger partial charge < -0.3 is 19.0 Å². The third-order valence-electron chi connectivity index (χ3n) is 3.40. The van der Waals surface area contributed by atoms with Gasteiger partial charge in [-0.2, -0.15) is 5.10 Å². The molecule has 1 unspecified atom stereocenters. The number of hydrogen-bond donors (Lipinski definition) is 1. The van der Waals surface area contributed by atoms with Crippen LogP contribution >= 0.6 is 0 Å². The van der Waals surface area contributed by atoms with E-state index >= 15 is 0 Å². The molecular formula is C16H20N2O4. The molecule has 0 radical (unpaired) electrons. The van der Waals surface area contributed by atoms with Gasteiger partial charge in [-0.05, 0) is 36.6 Å². The molecule has 1 aromatic rings. The Hall–Kier alpha value is -2.50. The van der Waals surface area contributed by atoms with Gasteiger partial charge in [-0.1, -0.05) is 6.08 Å². The molecule has 6 nitrogen and oxygen atoms in total. The fourth-order valence-corrected chi connectivity index (χ4v) is 2.20. The predicted octanol–water partition coefficient (Wildman–Crippen LogP) is 2.03. The molecule has 118 valence electrons. The van der Waals surface area contributed by atoms with Gasteiger partial charge in [0.15, 0.2) is 11.5 Å². The van der Waals surface area contributed by atoms with Crippen LogP contribution in [0.25, 0.3) is 6.08 Å². The highest BCUT2D eigenvalue weighted by Crippen LogP contribution is 2.38. The maximum absolute atomic E-state index is 10.7. The van der Waals surface area contributed by atoms with Crippen molar-refractivity contribution in [1.82, 2.24) is 5.43 Å². The Morgan fingerprint density at radius 1 is 1.14 bits per heavy atom. The molecular weight excluding hydrogens is 284 g/mol. The highest BCUT2D eigenvalue weighted by molar-refractivity contribution is 5.98. The molecule has 1 aliphatic rings. The maximum Gasteiger partial charge on any atom is 0.203 e. The number of allylic oxidation sites excluding steroid dienone is 1. The van der Waals surface area contributed by atoms with Crippen molar-refractivity contribution in [3.63, 3.8) is 0 Å². The van der Waals surface area contributed by atoms with Gasteiger partial charge in [0.05, 0.1) is 33.1 Å². The molecule has 0 saturated heterocycles. The van der Waals surface area contributed by atoms with Crippen molar-refractivity contribution in [3.8, 4) is 17.2 Å². The summed E-state index contributed by atoms with van der Waals surface area (Å²) < 4.78 is 15.9. The van der Waals surface area contributed by atoms with Gasteiger partial charge in [0.1, 0.15) is 6.29 Å². The Kier molecular flexibility index (Phi) is 5.41. The van der Waals surface area contributed by atoms with E-state index in [0.29, 0.717) is 17.2 Å². The van der Waals surface area contributed by atoms with Crippen molar-refractivity contribution < 1.29 is 19.0 Å². The fraction of sp³-hybridized carbons (Fsp3) is 0.375. The number of hydrazone groups is 1. The summed E-state index contributed by atoms with van der Waals surface area (Å²) in [5.74, 6) is 1.77. The minimum absolute atomic E-state index is 0.182. The second-order valence-corrected chi connectivity index (χ2v) is 4.81. The summed E-state index contributed by atoms with van der Waals surface area (Å²) in [6.07, 6.45) is 6.23. The van der Waals surface area contributed by atoms with E-state index in [-0.39, 0.29) is 6.04 Å². The van der Waals surface area contributed by atoms with Crippen LogP contribution in [0.5, 0.6) is 17.2 Å². The van der Waals surface area contributed by atoms with Crippen LogP contribution in [0.2, 0.25) is 0 Å². The largest absolute Gasteiger partial charge is 0.493 e. The lowest BCUT2D eigenvalue weighted by Crippen LogP contribution is -2.31. The minimum Gasteiger partial charge on any atom is -0.493 e. The molecule has 1 aliphatic heterocycles. The van der Waals surface area contributed by atoms with E-state index in [1.807, 2.05) is 24.3 Å². The zero-order chi connectivity index (χ0) is 15.9. The summed E-state index contributed by atoms with van der Waals surface area (Å²) in [4.78, 5) is 10.7. The first kappa shape index (κ1) is 15.9. The van der Waals surface area contributed by atoms with Crippen molar-refractivity contribution in [1.29, 1.82) is 0 Å². The van der Waals surface area contributed by atoms with Crippen molar-refractivity contribution in [2.45, 2.75) is 18.9 Å². The molecule has 0 aliphatic carbocycles. The van der Waals surface area contributed by atoms with Crippen molar-refractivity contribution in [2.75, 3.05) is 21.3 Å². The second kappa shape index (κ2) is 7.49. The zero-order valence-electron chi connectivity index (χ0n) is 13.0. The Labute approximate surface area is 129 Å². The number of carbonyl (C=O) groups excluding carboxylic acids is 1. The van der Waals surface area contributed by atoms with E-state index < -0.39 is 0 Å². The molecule has 6 heteroatoms. The molecule has 22 heavy (non-hydrogen) atoms. The molecule has 0 fully saturated rings. The summed E-state index contributed by atoms with van der Waals surface area (Å²) in [5.41, 5.74) is 4.62. The highest BCUT2D eigenvalue weighted by atomic mass is 16.5. The zero-order valence-corrected chi connectivity index (χ0v) is 13.0. The SMILES string of the molecule is COc1cc(C=CC2=NNC(C=O)CC2)cc(OC)c1OC. The van der Waals surface area contributed by atoms with Gasteiger partial charge in [-0.3, -0.25) is 5.43 Å². The van der Waals surface area contributed by atoms with Gasteiger partial charge in [0, 0.05) is 0 Å². The Balaban J connectivity index is 2.21. The van der Waals surface area contributed by atoms with Crippen LogP contribution in [0, 0.1) is 0 Å². The minimum atomic E-state index is -0.182. The van der Waals surface area contributed by atoms with Gasteiger partial charge in [-0.15, -0.1) is 0 Å². The monoisotopic (exact) mass is 304 g/mol. The normalized spacial score (nSPS) is 17.6. The summed E-state index contributed by atoms with van der Waals surface area (Å²) >= 11 is 0. The lowest BCUT2D eigenvalue weighted by molar-refractivity contribution is -0.109. The first-order valence-corrected chi connectivity index (χ1v) is 6.97. The topological polar surface area (TPSA) is 69.2 Å². The molecule has 2 rings (SSSR count). The number of benzene rings is 1. The van der Waals surface area contributed by atoms with Gasteiger partial charge >= 0.3 is 0 Å². The van der Waals surface area contributed by atoms with Crippen molar-refractivity contribution in [3.05, 3.63) is 23.8 Å². The molecule has 0 bridgehead atoms. The molecule has 0 amide bonds. The number of methoxy groups -OCH3 is 3. The first-order valence-electron chi connectivity index (χ1n) is 6.97. The van der Waals surface area contributed by atoms with E-state index in [9.17, 15) is 4.79 Å². The van der Waals surface area contributed by atoms with E-state index in [0.717, 1.165) is 30.4 Å². The quantitative estimate of drug-likeness (QED) is 0.814. The maximum atomic E-state index is 10.7.